The zero-order valence-electron chi connectivity index (χ0n) is 31.5. The van der Waals surface area contributed by atoms with Crippen molar-refractivity contribution in [2.45, 2.75) is 129 Å². The Kier molecular flexibility index (Phi) is 18.6. The second-order valence-electron chi connectivity index (χ2n) is 14.3. The first-order chi connectivity index (χ1) is 24.3. The van der Waals surface area contributed by atoms with E-state index in [1.165, 1.54) is 88.5 Å². The van der Waals surface area contributed by atoms with Crippen LogP contribution in [0.3, 0.4) is 0 Å². The second-order valence-corrected chi connectivity index (χ2v) is 18.5. The number of halogens is 1. The van der Waals surface area contributed by atoms with Gasteiger partial charge in [-0.1, -0.05) is 123 Å². The van der Waals surface area contributed by atoms with Crippen LogP contribution in [0.15, 0.2) is 41.3 Å². The molecule has 11 nitrogen and oxygen atoms in total. The monoisotopic (exact) mass is 784 g/mol. The summed E-state index contributed by atoms with van der Waals surface area (Å²) >= 11 is 6.36. The fourth-order valence-electron chi connectivity index (χ4n) is 5.36. The van der Waals surface area contributed by atoms with E-state index in [1.807, 2.05) is 0 Å². The Morgan fingerprint density at radius 3 is 1.79 bits per heavy atom. The number of benzene rings is 2. The third-order valence-corrected chi connectivity index (χ3v) is 10.4. The van der Waals surface area contributed by atoms with Crippen molar-refractivity contribution in [1.29, 1.82) is 0 Å². The lowest BCUT2D eigenvalue weighted by molar-refractivity contribution is -0.140. The Hall–Kier alpha value is -3.16. The smallest absolute Gasteiger partial charge is 0.338 e. The number of anilines is 2. The Balaban J connectivity index is 2.01. The highest BCUT2D eigenvalue weighted by Crippen LogP contribution is 2.32. The number of sulfone groups is 1. The SMILES string of the molecule is CCCCCCCCCCCCCCCCOC(=O)c1ccc(Cl)c(NC(=O)C(Oc2ccc(S(C)(=O)=O)cc2NS(C)(=O)=O)C(=O)C(C)(C)C)c1. The lowest BCUT2D eigenvalue weighted by atomic mass is 9.87. The molecule has 14 heteroatoms. The molecule has 0 aliphatic rings. The van der Waals surface area contributed by atoms with Gasteiger partial charge < -0.3 is 14.8 Å². The van der Waals surface area contributed by atoms with E-state index < -0.39 is 49.0 Å². The summed E-state index contributed by atoms with van der Waals surface area (Å²) < 4.78 is 61.9. The maximum atomic E-state index is 13.6. The van der Waals surface area contributed by atoms with Gasteiger partial charge in [0, 0.05) is 11.7 Å². The van der Waals surface area contributed by atoms with Crippen molar-refractivity contribution in [2.75, 3.05) is 29.2 Å². The lowest BCUT2D eigenvalue weighted by Crippen LogP contribution is -2.45. The third-order valence-electron chi connectivity index (χ3n) is 8.33. The summed E-state index contributed by atoms with van der Waals surface area (Å²) in [6.07, 6.45) is 17.0. The number of ketones is 1. The van der Waals surface area contributed by atoms with Gasteiger partial charge in [0.15, 0.2) is 15.6 Å². The van der Waals surface area contributed by atoms with Crippen LogP contribution in [0.4, 0.5) is 11.4 Å². The Labute approximate surface area is 315 Å². The van der Waals surface area contributed by atoms with Crippen LogP contribution in [0.5, 0.6) is 5.75 Å². The van der Waals surface area contributed by atoms with Crippen LogP contribution < -0.4 is 14.8 Å². The zero-order valence-corrected chi connectivity index (χ0v) is 33.9. The molecule has 0 saturated carbocycles. The first kappa shape index (κ1) is 45.0. The highest BCUT2D eigenvalue weighted by molar-refractivity contribution is 7.92. The maximum absolute atomic E-state index is 13.6. The van der Waals surface area contributed by atoms with Gasteiger partial charge in [0.2, 0.25) is 16.1 Å². The molecule has 0 aliphatic carbocycles. The molecule has 0 aromatic heterocycles. The van der Waals surface area contributed by atoms with Crippen molar-refractivity contribution in [3.63, 3.8) is 0 Å². The number of esters is 1. The van der Waals surface area contributed by atoms with Crippen LogP contribution in [0, 0.1) is 5.41 Å². The fourth-order valence-corrected chi connectivity index (χ4v) is 6.73. The van der Waals surface area contributed by atoms with Gasteiger partial charge >= 0.3 is 5.97 Å². The summed E-state index contributed by atoms with van der Waals surface area (Å²) in [5.41, 5.74) is -1.22. The maximum Gasteiger partial charge on any atom is 0.338 e. The van der Waals surface area contributed by atoms with Gasteiger partial charge in [-0.3, -0.25) is 14.3 Å². The molecule has 52 heavy (non-hydrogen) atoms. The van der Waals surface area contributed by atoms with Gasteiger partial charge in [0.25, 0.3) is 5.91 Å². The average molecular weight is 785 g/mol. The number of rotatable bonds is 24. The molecule has 0 saturated heterocycles. The van der Waals surface area contributed by atoms with Crippen molar-refractivity contribution in [1.82, 2.24) is 0 Å². The molecule has 0 spiro atoms. The lowest BCUT2D eigenvalue weighted by Gasteiger charge is -2.26. The standard InChI is InChI=1S/C38H57ClN2O9S2/c1-7-8-9-10-11-12-13-14-15-16-17-18-19-20-25-49-37(44)28-21-23-30(39)31(26-28)40-36(43)34(35(42)38(2,3)4)50-33-24-22-29(51(5,45)46)27-32(33)41-52(6,47)48/h21-24,26-27,34,41H,7-20,25H2,1-6H3,(H,40,43). The highest BCUT2D eigenvalue weighted by Gasteiger charge is 2.37. The minimum Gasteiger partial charge on any atom is -0.470 e. The summed E-state index contributed by atoms with van der Waals surface area (Å²) in [4.78, 5) is 39.7. The van der Waals surface area contributed by atoms with Crippen molar-refractivity contribution in [3.05, 3.63) is 47.0 Å². The number of carbonyl (C=O) groups is 3. The summed E-state index contributed by atoms with van der Waals surface area (Å²) in [5.74, 6) is -2.47. The fraction of sp³-hybridized carbons (Fsp3) is 0.605. The van der Waals surface area contributed by atoms with E-state index in [0.717, 1.165) is 50.3 Å². The minimum absolute atomic E-state index is 0.0230. The molecule has 1 amide bonds. The minimum atomic E-state index is -3.93. The van der Waals surface area contributed by atoms with E-state index in [4.69, 9.17) is 21.1 Å². The van der Waals surface area contributed by atoms with Crippen molar-refractivity contribution in [3.8, 4) is 5.75 Å². The topological polar surface area (TPSA) is 162 Å². The van der Waals surface area contributed by atoms with Crippen LogP contribution in [-0.2, 0) is 34.2 Å². The van der Waals surface area contributed by atoms with Crippen LogP contribution in [0.1, 0.15) is 128 Å². The second kappa shape index (κ2) is 21.5. The molecule has 0 fully saturated rings. The molecule has 292 valence electrons. The Morgan fingerprint density at radius 2 is 1.29 bits per heavy atom. The van der Waals surface area contributed by atoms with Gasteiger partial charge in [-0.05, 0) is 42.8 Å². The molecule has 0 aliphatic heterocycles. The quantitative estimate of drug-likeness (QED) is 0.0602. The number of hydrogen-bond acceptors (Lipinski definition) is 9. The van der Waals surface area contributed by atoms with E-state index in [9.17, 15) is 31.2 Å². The number of unbranched alkanes of at least 4 members (excludes halogenated alkanes) is 13. The predicted molar refractivity (Wildman–Crippen MR) is 208 cm³/mol. The molecule has 0 bridgehead atoms. The van der Waals surface area contributed by atoms with Gasteiger partial charge in [-0.25, -0.2) is 21.6 Å². The van der Waals surface area contributed by atoms with E-state index in [-0.39, 0.29) is 39.2 Å². The molecule has 0 radical (unpaired) electrons. The molecule has 2 aromatic carbocycles. The van der Waals surface area contributed by atoms with Crippen molar-refractivity contribution >= 4 is 60.5 Å². The Bertz CT molecular complexity index is 1710. The highest BCUT2D eigenvalue weighted by atomic mass is 35.5. The van der Waals surface area contributed by atoms with Crippen molar-refractivity contribution in [2.24, 2.45) is 5.41 Å². The van der Waals surface area contributed by atoms with Crippen molar-refractivity contribution < 1.29 is 40.7 Å². The predicted octanol–water partition coefficient (Wildman–Crippen LogP) is 8.75. The Morgan fingerprint density at radius 1 is 0.750 bits per heavy atom. The number of carbonyl (C=O) groups excluding carboxylic acids is 3. The summed E-state index contributed by atoms with van der Waals surface area (Å²) in [6, 6.07) is 7.57. The molecule has 2 aromatic rings. The molecule has 0 heterocycles. The zero-order chi connectivity index (χ0) is 39.0. The number of ether oxygens (including phenoxy) is 2. The number of sulfonamides is 1. The van der Waals surface area contributed by atoms with Crippen LogP contribution in [-0.4, -0.2) is 59.7 Å². The summed E-state index contributed by atoms with van der Waals surface area (Å²) in [7, 11) is -7.67. The number of nitrogens with one attached hydrogen (secondary N) is 2. The summed E-state index contributed by atoms with van der Waals surface area (Å²) in [6.45, 7) is 7.20. The van der Waals surface area contributed by atoms with Crippen LogP contribution in [0.2, 0.25) is 5.02 Å². The van der Waals surface area contributed by atoms with Gasteiger partial charge in [-0.2, -0.15) is 0 Å². The van der Waals surface area contributed by atoms with E-state index >= 15 is 0 Å². The largest absolute Gasteiger partial charge is 0.470 e. The first-order valence-electron chi connectivity index (χ1n) is 18.1. The van der Waals surface area contributed by atoms with E-state index in [2.05, 4.69) is 17.0 Å². The van der Waals surface area contributed by atoms with Gasteiger partial charge in [-0.15, -0.1) is 0 Å². The van der Waals surface area contributed by atoms with Crippen LogP contribution >= 0.6 is 11.6 Å². The normalized spacial score (nSPS) is 12.6. The molecular formula is C38H57ClN2O9S2. The number of amides is 1. The van der Waals surface area contributed by atoms with Gasteiger partial charge in [0.05, 0.1) is 39.7 Å². The molecule has 1 unspecified atom stereocenters. The molecule has 1 atom stereocenters. The molecular weight excluding hydrogens is 728 g/mol. The molecule has 2 N–H and O–H groups in total. The van der Waals surface area contributed by atoms with E-state index in [1.54, 1.807) is 20.8 Å². The number of hydrogen-bond donors (Lipinski definition) is 2. The number of Topliss-reactive ketones (excluding diaryl/α,β-unsaturated/α-hetero) is 1. The third kappa shape index (κ3) is 16.7. The summed E-state index contributed by atoms with van der Waals surface area (Å²) in [5, 5.41) is 2.62. The van der Waals surface area contributed by atoms with E-state index in [0.29, 0.717) is 0 Å². The first-order valence-corrected chi connectivity index (χ1v) is 22.3. The van der Waals surface area contributed by atoms with Gasteiger partial charge in [0.1, 0.15) is 5.75 Å². The average Bonchev–Trinajstić information content (AvgIpc) is 3.04. The van der Waals surface area contributed by atoms with Crippen LogP contribution in [0.25, 0.3) is 0 Å². The molecule has 2 rings (SSSR count).